The topological polar surface area (TPSA) is 75.3 Å². The van der Waals surface area contributed by atoms with Crippen molar-refractivity contribution >= 4 is 10.0 Å². The first kappa shape index (κ1) is 9.63. The predicted octanol–water partition coefficient (Wildman–Crippen LogP) is 0.126. The average Bonchev–Trinajstić information content (AvgIpc) is 2.72. The third kappa shape index (κ3) is 1.66. The van der Waals surface area contributed by atoms with Gasteiger partial charge in [0.1, 0.15) is 0 Å². The normalized spacial score (nSPS) is 19.7. The number of nitrogens with one attached hydrogen (secondary N) is 1. The van der Waals surface area contributed by atoms with Gasteiger partial charge in [0.15, 0.2) is 5.03 Å². The van der Waals surface area contributed by atoms with Crippen molar-refractivity contribution in [3.63, 3.8) is 0 Å². The van der Waals surface area contributed by atoms with Gasteiger partial charge >= 0.3 is 0 Å². The molecule has 2 heterocycles. The number of nitrogens with zero attached hydrogens (tertiary/aromatic N) is 2. The summed E-state index contributed by atoms with van der Waals surface area (Å²) in [5.41, 5.74) is 0. The molecule has 0 aromatic carbocycles. The van der Waals surface area contributed by atoms with E-state index in [1.54, 1.807) is 0 Å². The molecule has 78 valence electrons. The van der Waals surface area contributed by atoms with Crippen LogP contribution >= 0.6 is 0 Å². The quantitative estimate of drug-likeness (QED) is 0.763. The highest BCUT2D eigenvalue weighted by atomic mass is 32.2. The molecule has 2 rings (SSSR count). The van der Waals surface area contributed by atoms with Gasteiger partial charge in [-0.15, -0.1) is 0 Å². The molecule has 1 aromatic rings. The second-order valence-electron chi connectivity index (χ2n) is 2.99. The van der Waals surface area contributed by atoms with Crippen molar-refractivity contribution in [2.75, 3.05) is 13.2 Å². The van der Waals surface area contributed by atoms with E-state index >= 15 is 0 Å². The standard InChI is InChI=1S/C7H11N3O3S/c11-14(12,7-5-8-6-9-7)10-3-1-2-4-13-10/h5-6H,1-4H2,(H,8,9). The maximum Gasteiger partial charge on any atom is 0.282 e. The van der Waals surface area contributed by atoms with Gasteiger partial charge in [0.25, 0.3) is 10.0 Å². The Morgan fingerprint density at radius 2 is 2.36 bits per heavy atom. The number of imidazole rings is 1. The molecule has 6 nitrogen and oxygen atoms in total. The van der Waals surface area contributed by atoms with E-state index in [1.165, 1.54) is 12.5 Å². The summed E-state index contributed by atoms with van der Waals surface area (Å²) in [4.78, 5) is 11.3. The number of hydrogen-bond donors (Lipinski definition) is 1. The van der Waals surface area contributed by atoms with Gasteiger partial charge in [-0.25, -0.2) is 13.4 Å². The lowest BCUT2D eigenvalue weighted by Crippen LogP contribution is -2.35. The summed E-state index contributed by atoms with van der Waals surface area (Å²) in [6.07, 6.45) is 4.33. The molecule has 0 atom stereocenters. The lowest BCUT2D eigenvalue weighted by molar-refractivity contribution is -0.109. The molecule has 0 bridgehead atoms. The van der Waals surface area contributed by atoms with Gasteiger partial charge in [-0.05, 0) is 12.8 Å². The van der Waals surface area contributed by atoms with E-state index in [-0.39, 0.29) is 5.03 Å². The highest BCUT2D eigenvalue weighted by Crippen LogP contribution is 2.16. The molecule has 14 heavy (non-hydrogen) atoms. The van der Waals surface area contributed by atoms with Gasteiger partial charge in [0.05, 0.1) is 19.1 Å². The molecular weight excluding hydrogens is 206 g/mol. The number of rotatable bonds is 2. The summed E-state index contributed by atoms with van der Waals surface area (Å²) in [7, 11) is -3.53. The van der Waals surface area contributed by atoms with Gasteiger partial charge in [0.2, 0.25) is 0 Å². The molecule has 1 aromatic heterocycles. The molecule has 0 radical (unpaired) electrons. The lowest BCUT2D eigenvalue weighted by atomic mass is 10.3. The maximum absolute atomic E-state index is 11.8. The van der Waals surface area contributed by atoms with Crippen LogP contribution in [0.3, 0.4) is 0 Å². The van der Waals surface area contributed by atoms with Crippen molar-refractivity contribution in [1.82, 2.24) is 14.4 Å². The van der Waals surface area contributed by atoms with Crippen LogP contribution in [0.5, 0.6) is 0 Å². The Kier molecular flexibility index (Phi) is 2.53. The molecule has 1 aliphatic heterocycles. The molecule has 0 amide bonds. The van der Waals surface area contributed by atoms with Crippen molar-refractivity contribution in [2.24, 2.45) is 0 Å². The van der Waals surface area contributed by atoms with Gasteiger partial charge < -0.3 is 4.98 Å². The van der Waals surface area contributed by atoms with Crippen molar-refractivity contribution in [2.45, 2.75) is 17.9 Å². The Bertz CT molecular complexity index is 380. The number of hydrogen-bond acceptors (Lipinski definition) is 4. The van der Waals surface area contributed by atoms with Crippen LogP contribution in [0.1, 0.15) is 12.8 Å². The van der Waals surface area contributed by atoms with Crippen LogP contribution in [-0.2, 0) is 14.9 Å². The molecule has 1 N–H and O–H groups in total. The average molecular weight is 217 g/mol. The molecule has 1 saturated heterocycles. The van der Waals surface area contributed by atoms with E-state index in [0.29, 0.717) is 13.2 Å². The molecule has 0 spiro atoms. The van der Waals surface area contributed by atoms with Crippen LogP contribution in [0, 0.1) is 0 Å². The Morgan fingerprint density at radius 1 is 1.50 bits per heavy atom. The minimum atomic E-state index is -3.53. The van der Waals surface area contributed by atoms with E-state index in [1.807, 2.05) is 0 Å². The largest absolute Gasteiger partial charge is 0.335 e. The minimum Gasteiger partial charge on any atom is -0.335 e. The smallest absolute Gasteiger partial charge is 0.282 e. The molecule has 1 fully saturated rings. The van der Waals surface area contributed by atoms with Crippen LogP contribution in [0.4, 0.5) is 0 Å². The SMILES string of the molecule is O=S(=O)(c1cnc[nH]1)N1CCCCO1. The monoisotopic (exact) mass is 217 g/mol. The number of aromatic amines is 1. The van der Waals surface area contributed by atoms with Crippen LogP contribution in [0.25, 0.3) is 0 Å². The Hall–Kier alpha value is -0.920. The highest BCUT2D eigenvalue weighted by molar-refractivity contribution is 7.88. The van der Waals surface area contributed by atoms with E-state index in [4.69, 9.17) is 4.84 Å². The Labute approximate surface area is 81.9 Å². The van der Waals surface area contributed by atoms with E-state index in [0.717, 1.165) is 17.3 Å². The zero-order valence-electron chi connectivity index (χ0n) is 7.51. The Balaban J connectivity index is 2.23. The molecule has 7 heteroatoms. The second kappa shape index (κ2) is 3.68. The fraction of sp³-hybridized carbons (Fsp3) is 0.571. The lowest BCUT2D eigenvalue weighted by Gasteiger charge is -2.24. The Morgan fingerprint density at radius 3 is 2.93 bits per heavy atom. The van der Waals surface area contributed by atoms with Crippen LogP contribution < -0.4 is 0 Å². The summed E-state index contributed by atoms with van der Waals surface area (Å²) in [5, 5.41) is 0.0689. The van der Waals surface area contributed by atoms with E-state index in [2.05, 4.69) is 9.97 Å². The molecule has 1 aliphatic rings. The van der Waals surface area contributed by atoms with Crippen LogP contribution in [0.15, 0.2) is 17.6 Å². The first-order valence-corrected chi connectivity index (χ1v) is 5.79. The summed E-state index contributed by atoms with van der Waals surface area (Å²) in [6, 6.07) is 0. The number of aromatic nitrogens is 2. The number of H-pyrrole nitrogens is 1. The number of sulfonamides is 1. The van der Waals surface area contributed by atoms with Crippen molar-refractivity contribution in [3.05, 3.63) is 12.5 Å². The first-order valence-electron chi connectivity index (χ1n) is 4.35. The van der Waals surface area contributed by atoms with Gasteiger partial charge in [-0.3, -0.25) is 4.84 Å². The third-order valence-electron chi connectivity index (χ3n) is 1.99. The number of hydroxylamine groups is 1. The van der Waals surface area contributed by atoms with E-state index in [9.17, 15) is 8.42 Å². The summed E-state index contributed by atoms with van der Waals surface area (Å²) in [5.74, 6) is 0. The zero-order chi connectivity index (χ0) is 10.0. The maximum atomic E-state index is 11.8. The molecule has 0 saturated carbocycles. The van der Waals surface area contributed by atoms with Gasteiger partial charge in [0, 0.05) is 6.54 Å². The van der Waals surface area contributed by atoms with Crippen LogP contribution in [-0.4, -0.2) is 36.0 Å². The molecular formula is C7H11N3O3S. The van der Waals surface area contributed by atoms with Gasteiger partial charge in [-0.1, -0.05) is 4.47 Å². The van der Waals surface area contributed by atoms with Crippen LogP contribution in [0.2, 0.25) is 0 Å². The minimum absolute atomic E-state index is 0.0689. The summed E-state index contributed by atoms with van der Waals surface area (Å²) in [6.45, 7) is 0.856. The van der Waals surface area contributed by atoms with Gasteiger partial charge in [-0.2, -0.15) is 0 Å². The molecule has 0 aliphatic carbocycles. The highest BCUT2D eigenvalue weighted by Gasteiger charge is 2.28. The fourth-order valence-corrected chi connectivity index (χ4v) is 2.46. The third-order valence-corrected chi connectivity index (χ3v) is 3.59. The van der Waals surface area contributed by atoms with E-state index < -0.39 is 10.0 Å². The molecule has 0 unspecified atom stereocenters. The van der Waals surface area contributed by atoms with Crippen molar-refractivity contribution in [1.29, 1.82) is 0 Å². The van der Waals surface area contributed by atoms with Crippen molar-refractivity contribution in [3.8, 4) is 0 Å². The van der Waals surface area contributed by atoms with Crippen molar-refractivity contribution < 1.29 is 13.3 Å². The second-order valence-corrected chi connectivity index (χ2v) is 4.78. The zero-order valence-corrected chi connectivity index (χ0v) is 8.33. The summed E-state index contributed by atoms with van der Waals surface area (Å²) >= 11 is 0. The summed E-state index contributed by atoms with van der Waals surface area (Å²) < 4.78 is 24.6. The predicted molar refractivity (Wildman–Crippen MR) is 47.7 cm³/mol. The fourth-order valence-electron chi connectivity index (χ4n) is 1.26. The first-order chi connectivity index (χ1) is 6.71.